The molecule has 0 spiro atoms. The fraction of sp³-hybridized carbons (Fsp3) is 0.333. The van der Waals surface area contributed by atoms with Gasteiger partial charge >= 0.3 is 6.18 Å². The van der Waals surface area contributed by atoms with E-state index in [1.54, 1.807) is 18.2 Å². The lowest BCUT2D eigenvalue weighted by atomic mass is 9.80. The largest absolute Gasteiger partial charge is 0.453 e. The van der Waals surface area contributed by atoms with Crippen molar-refractivity contribution in [1.29, 1.82) is 0 Å². The molecule has 0 bridgehead atoms. The van der Waals surface area contributed by atoms with Crippen LogP contribution < -0.4 is 10.6 Å². The third kappa shape index (κ3) is 3.70. The zero-order chi connectivity index (χ0) is 21.6. The van der Waals surface area contributed by atoms with Crippen LogP contribution in [0.5, 0.6) is 0 Å². The van der Waals surface area contributed by atoms with Gasteiger partial charge in [0.05, 0.1) is 0 Å². The van der Waals surface area contributed by atoms with E-state index < -0.39 is 12.0 Å². The van der Waals surface area contributed by atoms with Crippen molar-refractivity contribution in [2.45, 2.75) is 18.5 Å². The minimum absolute atomic E-state index is 0.0666. The second-order valence-electron chi connectivity index (χ2n) is 6.96. The van der Waals surface area contributed by atoms with E-state index in [4.69, 9.17) is 28.9 Å². The van der Waals surface area contributed by atoms with Gasteiger partial charge < -0.3 is 5.73 Å². The molecule has 1 aliphatic heterocycles. The van der Waals surface area contributed by atoms with Gasteiger partial charge in [-0.05, 0) is 48.2 Å². The van der Waals surface area contributed by atoms with Crippen LogP contribution in [0.3, 0.4) is 0 Å². The van der Waals surface area contributed by atoms with Crippen LogP contribution in [0.2, 0.25) is 10.0 Å². The number of alkyl halides is 3. The summed E-state index contributed by atoms with van der Waals surface area (Å²) in [6, 6.07) is 7.82. The molecule has 0 radical (unpaired) electrons. The topological polar surface area (TPSA) is 89.4 Å². The third-order valence-corrected chi connectivity index (χ3v) is 5.69. The van der Waals surface area contributed by atoms with Crippen LogP contribution >= 0.6 is 23.2 Å². The van der Waals surface area contributed by atoms with E-state index in [0.717, 1.165) is 5.56 Å². The lowest BCUT2D eigenvalue weighted by molar-refractivity contribution is -0.146. The number of carbonyl (C=O) groups is 1. The van der Waals surface area contributed by atoms with Gasteiger partial charge in [-0.25, -0.2) is 0 Å². The highest BCUT2D eigenvalue weighted by Crippen LogP contribution is 2.39. The molecule has 0 saturated carbocycles. The lowest BCUT2D eigenvalue weighted by Gasteiger charge is -2.37. The molecule has 158 valence electrons. The number of hydrogen-bond donors (Lipinski definition) is 1. The lowest BCUT2D eigenvalue weighted by Crippen LogP contribution is -2.46. The van der Waals surface area contributed by atoms with E-state index in [1.165, 1.54) is 17.0 Å². The van der Waals surface area contributed by atoms with Crippen molar-refractivity contribution in [2.24, 2.45) is 11.7 Å². The molecule has 2 atom stereocenters. The maximum absolute atomic E-state index is 13.1. The summed E-state index contributed by atoms with van der Waals surface area (Å²) in [7, 11) is 0. The fourth-order valence-electron chi connectivity index (χ4n) is 3.65. The summed E-state index contributed by atoms with van der Waals surface area (Å²) in [5.41, 5.74) is 6.63. The number of anilines is 1. The van der Waals surface area contributed by atoms with Gasteiger partial charge in [0, 0.05) is 23.0 Å². The highest BCUT2D eigenvalue weighted by molar-refractivity contribution is 6.35. The summed E-state index contributed by atoms with van der Waals surface area (Å²) in [5, 5.41) is 11.5. The van der Waals surface area contributed by atoms with Crippen LogP contribution in [0.25, 0.3) is 5.65 Å². The maximum Gasteiger partial charge on any atom is 0.453 e. The number of nitrogens with zero attached hydrogens (tertiary/aromatic N) is 5. The number of aromatic nitrogens is 4. The number of piperidine rings is 1. The van der Waals surface area contributed by atoms with Gasteiger partial charge in [0.1, 0.15) is 0 Å². The zero-order valence-electron chi connectivity index (χ0n) is 15.3. The quantitative estimate of drug-likeness (QED) is 0.648. The van der Waals surface area contributed by atoms with Crippen molar-refractivity contribution in [3.63, 3.8) is 0 Å². The number of carbonyl (C=O) groups excluding carboxylic acids is 1. The molecule has 0 unspecified atom stereocenters. The van der Waals surface area contributed by atoms with Crippen LogP contribution in [0, 0.1) is 5.92 Å². The molecule has 1 aliphatic rings. The van der Waals surface area contributed by atoms with E-state index in [0.29, 0.717) is 14.6 Å². The Morgan fingerprint density at radius 2 is 1.93 bits per heavy atom. The summed E-state index contributed by atoms with van der Waals surface area (Å²) < 4.78 is 40.0. The van der Waals surface area contributed by atoms with Crippen LogP contribution in [0.4, 0.5) is 19.0 Å². The first kappa shape index (κ1) is 20.8. The van der Waals surface area contributed by atoms with Gasteiger partial charge in [0.2, 0.25) is 5.91 Å². The molecular formula is C18H15Cl2F3N6O. The average Bonchev–Trinajstić information content (AvgIpc) is 3.11. The van der Waals surface area contributed by atoms with Crippen molar-refractivity contribution in [3.05, 3.63) is 51.8 Å². The van der Waals surface area contributed by atoms with E-state index >= 15 is 0 Å². The summed E-state index contributed by atoms with van der Waals surface area (Å²) in [4.78, 5) is 14.2. The van der Waals surface area contributed by atoms with Gasteiger partial charge in [-0.3, -0.25) is 9.69 Å². The number of fused-ring (bicyclic) bond motifs is 1. The van der Waals surface area contributed by atoms with Crippen LogP contribution in [-0.2, 0) is 11.0 Å². The predicted molar refractivity (Wildman–Crippen MR) is 105 cm³/mol. The second-order valence-corrected chi connectivity index (χ2v) is 7.80. The van der Waals surface area contributed by atoms with Crippen molar-refractivity contribution >= 4 is 40.6 Å². The van der Waals surface area contributed by atoms with Crippen molar-refractivity contribution < 1.29 is 18.0 Å². The molecular weight excluding hydrogens is 444 g/mol. The summed E-state index contributed by atoms with van der Waals surface area (Å²) in [6.45, 7) is 0.428. The van der Waals surface area contributed by atoms with Crippen LogP contribution in [0.1, 0.15) is 23.7 Å². The van der Waals surface area contributed by atoms with Gasteiger partial charge in [0.15, 0.2) is 11.5 Å². The normalized spacial score (nSPS) is 20.2. The predicted octanol–water partition coefficient (Wildman–Crippen LogP) is 3.55. The monoisotopic (exact) mass is 458 g/mol. The molecule has 3 aromatic rings. The Bertz CT molecular complexity index is 1120. The Labute approximate surface area is 178 Å². The van der Waals surface area contributed by atoms with Crippen molar-refractivity contribution in [2.75, 3.05) is 18.0 Å². The second kappa shape index (κ2) is 7.68. The Morgan fingerprint density at radius 1 is 1.17 bits per heavy atom. The number of nitrogens with two attached hydrogens (primary N) is 1. The molecule has 3 heterocycles. The first-order valence-corrected chi connectivity index (χ1v) is 9.69. The maximum atomic E-state index is 13.1. The zero-order valence-corrected chi connectivity index (χ0v) is 16.8. The number of halogens is 5. The molecule has 1 saturated heterocycles. The number of rotatable bonds is 3. The smallest absolute Gasteiger partial charge is 0.330 e. The van der Waals surface area contributed by atoms with E-state index in [9.17, 15) is 18.0 Å². The molecule has 30 heavy (non-hydrogen) atoms. The molecule has 12 heteroatoms. The Morgan fingerprint density at radius 3 is 2.60 bits per heavy atom. The number of hydrogen-bond acceptors (Lipinski definition) is 5. The highest BCUT2D eigenvalue weighted by atomic mass is 35.5. The molecule has 1 aromatic carbocycles. The van der Waals surface area contributed by atoms with E-state index in [1.807, 2.05) is 0 Å². The Kier molecular flexibility index (Phi) is 5.33. The summed E-state index contributed by atoms with van der Waals surface area (Å²) >= 11 is 12.3. The average molecular weight is 459 g/mol. The minimum atomic E-state index is -4.73. The Balaban J connectivity index is 1.68. The minimum Gasteiger partial charge on any atom is -0.330 e. The van der Waals surface area contributed by atoms with Crippen molar-refractivity contribution in [1.82, 2.24) is 19.8 Å². The summed E-state index contributed by atoms with van der Waals surface area (Å²) in [6.07, 6.45) is -4.65. The van der Waals surface area contributed by atoms with Gasteiger partial charge in [0.25, 0.3) is 5.82 Å². The Hall–Kier alpha value is -2.43. The van der Waals surface area contributed by atoms with Crippen LogP contribution in [-0.4, -0.2) is 38.8 Å². The molecule has 1 amide bonds. The van der Waals surface area contributed by atoms with E-state index in [-0.39, 0.29) is 48.7 Å². The van der Waals surface area contributed by atoms with Gasteiger partial charge in [-0.2, -0.15) is 17.7 Å². The highest BCUT2D eigenvalue weighted by Gasteiger charge is 2.39. The molecule has 0 aliphatic carbocycles. The molecule has 4 rings (SSSR count). The molecule has 1 fully saturated rings. The first-order chi connectivity index (χ1) is 14.2. The fourth-order valence-corrected chi connectivity index (χ4v) is 4.20. The summed E-state index contributed by atoms with van der Waals surface area (Å²) in [5.74, 6) is -1.92. The molecule has 7 nitrogen and oxygen atoms in total. The number of benzene rings is 1. The SMILES string of the molecule is NC[C@H]1CN(c2ccc3nnc(C(F)(F)F)n3n2)C(=O)C[C@@H]1c1ccc(Cl)cc1Cl. The van der Waals surface area contributed by atoms with Crippen molar-refractivity contribution in [3.8, 4) is 0 Å². The van der Waals surface area contributed by atoms with Gasteiger partial charge in [-0.15, -0.1) is 15.3 Å². The third-order valence-electron chi connectivity index (χ3n) is 5.13. The van der Waals surface area contributed by atoms with E-state index in [2.05, 4.69) is 15.3 Å². The van der Waals surface area contributed by atoms with Gasteiger partial charge in [-0.1, -0.05) is 29.3 Å². The standard InChI is InChI=1S/C18H15Cl2F3N6O/c19-10-1-2-11(13(20)5-10)12-6-16(30)28(8-9(12)7-24)15-4-3-14-25-26-17(18(21,22)23)29(14)27-15/h1-5,9,12H,6-8,24H2/t9-,12-/m0/s1. The molecule has 2 N–H and O–H groups in total. The first-order valence-electron chi connectivity index (χ1n) is 8.94. The number of amides is 1. The molecule has 2 aromatic heterocycles. The van der Waals surface area contributed by atoms with Crippen LogP contribution in [0.15, 0.2) is 30.3 Å².